The molecule has 0 fully saturated rings. The second-order valence-corrected chi connectivity index (χ2v) is 9.32. The van der Waals surface area contributed by atoms with Crippen LogP contribution in [0, 0.1) is 6.92 Å². The molecular formula is C29H24BrNO5. The summed E-state index contributed by atoms with van der Waals surface area (Å²) in [5.41, 5.74) is 5.26. The van der Waals surface area contributed by atoms with Crippen LogP contribution in [0.2, 0.25) is 0 Å². The topological polar surface area (TPSA) is 87.1 Å². The number of carbonyl (C=O) groups is 2. The van der Waals surface area contributed by atoms with Gasteiger partial charge >= 0.3 is 6.16 Å². The van der Waals surface area contributed by atoms with Crippen LogP contribution in [0.5, 0.6) is 11.5 Å². The Kier molecular flexibility index (Phi) is 7.71. The van der Waals surface area contributed by atoms with E-state index < -0.39 is 6.16 Å². The van der Waals surface area contributed by atoms with Crippen LogP contribution in [0.15, 0.2) is 95.5 Å². The molecule has 4 rings (SSSR count). The summed E-state index contributed by atoms with van der Waals surface area (Å²) in [5, 5.41) is 18.7. The van der Waals surface area contributed by atoms with Crippen LogP contribution in [0.4, 0.5) is 4.79 Å². The summed E-state index contributed by atoms with van der Waals surface area (Å²) in [6.07, 6.45) is -1.50. The summed E-state index contributed by atoms with van der Waals surface area (Å²) in [7, 11) is 0. The molecule has 0 aromatic heterocycles. The number of nitrogens with zero attached hydrogens (tertiary/aromatic N) is 1. The molecule has 4 aromatic rings. The fourth-order valence-corrected chi connectivity index (χ4v) is 4.05. The summed E-state index contributed by atoms with van der Waals surface area (Å²) in [5.74, 6) is -0.453. The van der Waals surface area contributed by atoms with Crippen molar-refractivity contribution in [3.8, 4) is 22.6 Å². The lowest BCUT2D eigenvalue weighted by Crippen LogP contribution is -2.30. The minimum Gasteiger partial charge on any atom is -0.504 e. The molecule has 7 heteroatoms. The predicted octanol–water partition coefficient (Wildman–Crippen LogP) is 7.03. The molecule has 0 spiro atoms. The van der Waals surface area contributed by atoms with Gasteiger partial charge in [-0.3, -0.25) is 4.79 Å². The highest BCUT2D eigenvalue weighted by Crippen LogP contribution is 2.32. The Morgan fingerprint density at radius 3 is 1.94 bits per heavy atom. The van der Waals surface area contributed by atoms with Crippen molar-refractivity contribution in [1.29, 1.82) is 0 Å². The molecule has 0 saturated carbocycles. The second kappa shape index (κ2) is 11.1. The van der Waals surface area contributed by atoms with Crippen molar-refractivity contribution in [2.75, 3.05) is 0 Å². The van der Waals surface area contributed by atoms with Crippen molar-refractivity contribution in [2.45, 2.75) is 20.0 Å². The van der Waals surface area contributed by atoms with E-state index in [2.05, 4.69) is 20.7 Å². The van der Waals surface area contributed by atoms with E-state index in [4.69, 9.17) is 5.11 Å². The summed E-state index contributed by atoms with van der Waals surface area (Å²) in [6.45, 7) is 2.90. The standard InChI is InChI=1S/C29H24BrNO5/c1-19-2-4-20(5-3-19)17-31(28(33)23-10-13-25(30)14-11-23)18-21-6-8-22(9-7-21)24-12-15-26(32)27(16-24)36-29(34)35/h2-16,32H,17-18H2,1H3,(H,34,35). The van der Waals surface area contributed by atoms with Gasteiger partial charge in [-0.1, -0.05) is 76.1 Å². The number of rotatable bonds is 7. The molecule has 0 aliphatic carbocycles. The fraction of sp³-hybridized carbons (Fsp3) is 0.103. The molecule has 6 nitrogen and oxygen atoms in total. The van der Waals surface area contributed by atoms with Gasteiger partial charge in [0.15, 0.2) is 11.5 Å². The first kappa shape index (κ1) is 25.0. The predicted molar refractivity (Wildman–Crippen MR) is 141 cm³/mol. The van der Waals surface area contributed by atoms with Gasteiger partial charge in [-0.05, 0) is 65.6 Å². The van der Waals surface area contributed by atoms with Gasteiger partial charge in [-0.25, -0.2) is 4.79 Å². The molecule has 0 aliphatic rings. The average Bonchev–Trinajstić information content (AvgIpc) is 2.86. The van der Waals surface area contributed by atoms with Gasteiger partial charge in [0.25, 0.3) is 5.91 Å². The Hall–Kier alpha value is -4.10. The van der Waals surface area contributed by atoms with Gasteiger partial charge in [0.2, 0.25) is 0 Å². The van der Waals surface area contributed by atoms with Crippen LogP contribution in [-0.4, -0.2) is 27.2 Å². The first-order chi connectivity index (χ1) is 17.3. The summed E-state index contributed by atoms with van der Waals surface area (Å²) < 4.78 is 5.55. The van der Waals surface area contributed by atoms with E-state index in [-0.39, 0.29) is 17.4 Å². The van der Waals surface area contributed by atoms with Crippen molar-refractivity contribution in [3.63, 3.8) is 0 Å². The Balaban J connectivity index is 1.57. The quantitative estimate of drug-likeness (QED) is 0.192. The van der Waals surface area contributed by atoms with Crippen molar-refractivity contribution in [3.05, 3.63) is 118 Å². The van der Waals surface area contributed by atoms with Crippen LogP contribution in [0.25, 0.3) is 11.1 Å². The number of carbonyl (C=O) groups excluding carboxylic acids is 1. The normalized spacial score (nSPS) is 10.6. The largest absolute Gasteiger partial charge is 0.511 e. The molecule has 182 valence electrons. The minimum atomic E-state index is -1.50. The van der Waals surface area contributed by atoms with Crippen LogP contribution in [0.1, 0.15) is 27.0 Å². The van der Waals surface area contributed by atoms with Gasteiger partial charge < -0.3 is 19.8 Å². The minimum absolute atomic E-state index is 0.0684. The molecule has 0 atom stereocenters. The Bertz CT molecular complexity index is 1370. The molecule has 0 heterocycles. The van der Waals surface area contributed by atoms with E-state index in [9.17, 15) is 14.7 Å². The monoisotopic (exact) mass is 545 g/mol. The fourth-order valence-electron chi connectivity index (χ4n) is 3.78. The number of phenolic OH excluding ortho intramolecular Hbond substituents is 1. The molecule has 2 N–H and O–H groups in total. The first-order valence-electron chi connectivity index (χ1n) is 11.2. The zero-order valence-corrected chi connectivity index (χ0v) is 21.1. The summed E-state index contributed by atoms with van der Waals surface area (Å²) in [6, 6.07) is 27.6. The van der Waals surface area contributed by atoms with Crippen molar-refractivity contribution in [1.82, 2.24) is 4.90 Å². The molecule has 0 saturated heterocycles. The van der Waals surface area contributed by atoms with Crippen molar-refractivity contribution < 1.29 is 24.5 Å². The van der Waals surface area contributed by atoms with Crippen LogP contribution < -0.4 is 4.74 Å². The number of aryl methyl sites for hydroxylation is 1. The first-order valence-corrected chi connectivity index (χ1v) is 12.0. The van der Waals surface area contributed by atoms with Crippen molar-refractivity contribution in [2.24, 2.45) is 0 Å². The Morgan fingerprint density at radius 1 is 0.806 bits per heavy atom. The molecular weight excluding hydrogens is 522 g/mol. The second-order valence-electron chi connectivity index (χ2n) is 8.40. The average molecular weight is 546 g/mol. The van der Waals surface area contributed by atoms with E-state index in [0.717, 1.165) is 26.7 Å². The number of ether oxygens (including phenoxy) is 1. The Morgan fingerprint density at radius 2 is 1.36 bits per heavy atom. The highest BCUT2D eigenvalue weighted by atomic mass is 79.9. The number of carboxylic acid groups (broad SMARTS) is 1. The number of phenols is 1. The Labute approximate surface area is 217 Å². The third kappa shape index (κ3) is 6.31. The number of benzene rings is 4. The van der Waals surface area contributed by atoms with Gasteiger partial charge in [0.05, 0.1) is 0 Å². The van der Waals surface area contributed by atoms with Gasteiger partial charge in [0.1, 0.15) is 0 Å². The number of amides is 1. The lowest BCUT2D eigenvalue weighted by molar-refractivity contribution is 0.0730. The maximum absolute atomic E-state index is 13.4. The smallest absolute Gasteiger partial charge is 0.504 e. The molecule has 0 bridgehead atoms. The molecule has 0 aliphatic heterocycles. The number of aromatic hydroxyl groups is 1. The molecule has 36 heavy (non-hydrogen) atoms. The van der Waals surface area contributed by atoms with Crippen LogP contribution in [0.3, 0.4) is 0 Å². The van der Waals surface area contributed by atoms with E-state index in [1.165, 1.54) is 12.1 Å². The van der Waals surface area contributed by atoms with Crippen LogP contribution >= 0.6 is 15.9 Å². The van der Waals surface area contributed by atoms with E-state index >= 15 is 0 Å². The zero-order valence-electron chi connectivity index (χ0n) is 19.5. The molecule has 1 amide bonds. The highest BCUT2D eigenvalue weighted by molar-refractivity contribution is 9.10. The highest BCUT2D eigenvalue weighted by Gasteiger charge is 2.17. The molecule has 0 radical (unpaired) electrons. The zero-order chi connectivity index (χ0) is 25.7. The lowest BCUT2D eigenvalue weighted by Gasteiger charge is -2.23. The van der Waals surface area contributed by atoms with Crippen molar-refractivity contribution >= 4 is 28.0 Å². The number of halogens is 1. The molecule has 4 aromatic carbocycles. The number of hydrogen-bond acceptors (Lipinski definition) is 4. The third-order valence-corrected chi connectivity index (χ3v) is 6.22. The SMILES string of the molecule is Cc1ccc(CN(Cc2ccc(-c3ccc(O)c(OC(=O)O)c3)cc2)C(=O)c2ccc(Br)cc2)cc1. The summed E-state index contributed by atoms with van der Waals surface area (Å²) in [4.78, 5) is 26.1. The number of hydrogen-bond donors (Lipinski definition) is 2. The van der Waals surface area contributed by atoms with Gasteiger partial charge in [0, 0.05) is 23.1 Å². The maximum atomic E-state index is 13.4. The third-order valence-electron chi connectivity index (χ3n) is 5.69. The maximum Gasteiger partial charge on any atom is 0.511 e. The van der Waals surface area contributed by atoms with Crippen LogP contribution in [-0.2, 0) is 13.1 Å². The van der Waals surface area contributed by atoms with Gasteiger partial charge in [-0.2, -0.15) is 0 Å². The van der Waals surface area contributed by atoms with E-state index in [1.54, 1.807) is 18.2 Å². The molecule has 0 unspecified atom stereocenters. The van der Waals surface area contributed by atoms with E-state index in [1.807, 2.05) is 72.5 Å². The van der Waals surface area contributed by atoms with Gasteiger partial charge in [-0.15, -0.1) is 0 Å². The lowest BCUT2D eigenvalue weighted by atomic mass is 10.0. The summed E-state index contributed by atoms with van der Waals surface area (Å²) >= 11 is 3.42. The van der Waals surface area contributed by atoms with E-state index in [0.29, 0.717) is 24.2 Å².